The van der Waals surface area contributed by atoms with Crippen LogP contribution in [0.25, 0.3) is 32.3 Å². The SMILES string of the molecule is C=CC(=O)N1CCN(c2c(C#N)c(OC[C@@H]3CCCN3C)nc3c2CCN(c2cccc4ccc(F)c(C)c24)C3)CC1.C=CC(=O)N1CCN(c2c(C#N)c(OC[C@@H]3CCCN3C)nc3c2CCN(c2cccc4ccc(F)c(F)c24)C3)CC1.C=CC(=O)N1CCN(c2c(C#N)c(OC[C@@H]3CCCN3C)nc3c2CCN(c2cccc4cccc(Cl)c24)C3)C[C@@H]1CC#N. The molecule has 6 saturated heterocycles. The third kappa shape index (κ3) is 18.1. The van der Waals surface area contributed by atoms with Crippen molar-refractivity contribution < 1.29 is 41.8 Å². The summed E-state index contributed by atoms with van der Waals surface area (Å²) in [7, 11) is 6.28. The van der Waals surface area contributed by atoms with E-state index in [1.807, 2.05) is 66.4 Å². The summed E-state index contributed by atoms with van der Waals surface area (Å²) >= 11 is 6.71. The Morgan fingerprint density at radius 1 is 0.445 bits per heavy atom. The number of pyridine rings is 3. The molecule has 4 atom stereocenters. The van der Waals surface area contributed by atoms with Gasteiger partial charge in [-0.3, -0.25) is 14.4 Å². The van der Waals surface area contributed by atoms with Crippen LogP contribution in [-0.2, 0) is 53.3 Å². The Morgan fingerprint density at radius 3 is 1.22 bits per heavy atom. The number of halogens is 4. The molecule has 0 radical (unpaired) electrons. The fraction of sp³-hybridized carbons (Fsp3) is 0.414. The van der Waals surface area contributed by atoms with Crippen molar-refractivity contribution in [1.29, 1.82) is 21.0 Å². The van der Waals surface area contributed by atoms with E-state index in [9.17, 15) is 44.2 Å². The van der Waals surface area contributed by atoms with Crippen molar-refractivity contribution >= 4 is 95.8 Å². The van der Waals surface area contributed by atoms with E-state index in [1.165, 1.54) is 24.3 Å². The fourth-order valence-electron chi connectivity index (χ4n) is 20.2. The minimum absolute atomic E-state index is 0.0749. The zero-order valence-electron chi connectivity index (χ0n) is 73.2. The van der Waals surface area contributed by atoms with Crippen LogP contribution in [0.2, 0.25) is 5.02 Å². The van der Waals surface area contributed by atoms with Crippen LogP contribution in [0, 0.1) is 69.7 Å². The molecule has 12 heterocycles. The first-order valence-corrected chi connectivity index (χ1v) is 44.8. The summed E-state index contributed by atoms with van der Waals surface area (Å²) in [6.45, 7) is 26.4. The number of amides is 3. The van der Waals surface area contributed by atoms with Crippen molar-refractivity contribution in [1.82, 2.24) is 44.4 Å². The average Bonchev–Trinajstić information content (AvgIpc) is 0.816. The van der Waals surface area contributed by atoms with E-state index < -0.39 is 11.6 Å². The van der Waals surface area contributed by atoms with Crippen LogP contribution in [0.15, 0.2) is 135 Å². The third-order valence-corrected chi connectivity index (χ3v) is 27.5. The molecule has 0 spiro atoms. The first-order chi connectivity index (χ1) is 62.2. The van der Waals surface area contributed by atoms with Crippen molar-refractivity contribution in [3.63, 3.8) is 0 Å². The lowest BCUT2D eigenvalue weighted by Gasteiger charge is -2.43. The van der Waals surface area contributed by atoms with Gasteiger partial charge in [0.15, 0.2) is 11.6 Å². The highest BCUT2D eigenvalue weighted by atomic mass is 35.5. The summed E-state index contributed by atoms with van der Waals surface area (Å²) in [4.78, 5) is 77.2. The van der Waals surface area contributed by atoms with Gasteiger partial charge >= 0.3 is 0 Å². The number of aryl methyl sites for hydroxylation is 1. The lowest BCUT2D eigenvalue weighted by atomic mass is 9.96. The molecule has 3 amide bonds. The number of rotatable bonds is 19. The van der Waals surface area contributed by atoms with Gasteiger partial charge < -0.3 is 73.0 Å². The highest BCUT2D eigenvalue weighted by Gasteiger charge is 2.40. The molecule has 9 aliphatic rings. The van der Waals surface area contributed by atoms with Gasteiger partial charge in [0.05, 0.1) is 77.3 Å². The summed E-state index contributed by atoms with van der Waals surface area (Å²) in [5, 5.41) is 46.5. The van der Waals surface area contributed by atoms with Gasteiger partial charge in [-0.15, -0.1) is 0 Å². The lowest BCUT2D eigenvalue weighted by molar-refractivity contribution is -0.128. The molecule has 3 aromatic heterocycles. The number of aromatic nitrogens is 3. The molecule has 29 heteroatoms. The van der Waals surface area contributed by atoms with Crippen molar-refractivity contribution in [3.05, 3.63) is 214 Å². The fourth-order valence-corrected chi connectivity index (χ4v) is 20.4. The van der Waals surface area contributed by atoms with Crippen molar-refractivity contribution in [2.24, 2.45) is 0 Å². The van der Waals surface area contributed by atoms with Crippen LogP contribution in [0.4, 0.5) is 47.3 Å². The molecular formula is C99H107ClF3N19O6. The first-order valence-electron chi connectivity index (χ1n) is 44.4. The van der Waals surface area contributed by atoms with Crippen LogP contribution in [0.3, 0.4) is 0 Å². The molecule has 0 saturated carbocycles. The van der Waals surface area contributed by atoms with E-state index in [0.717, 1.165) is 155 Å². The zero-order chi connectivity index (χ0) is 89.6. The van der Waals surface area contributed by atoms with E-state index in [4.69, 9.17) is 40.8 Å². The minimum Gasteiger partial charge on any atom is -0.475 e. The smallest absolute Gasteiger partial charge is 0.246 e. The number of ether oxygens (including phenoxy) is 3. The van der Waals surface area contributed by atoms with Crippen LogP contribution >= 0.6 is 11.6 Å². The number of anilines is 6. The summed E-state index contributed by atoms with van der Waals surface area (Å²) < 4.78 is 63.0. The normalized spacial score (nSPS) is 19.5. The molecule has 0 N–H and O–H groups in total. The Kier molecular flexibility index (Phi) is 27.2. The standard InChI is InChI=1S/C34H36ClN7O2.C33H37FN6O2.C32H34F2N6O2/c1-3-31(43)42-18-17-41(20-24(42)12-14-36)33-26-13-16-40(30-11-5-8-23-7-4-10-28(35)32(23)30)21-29(26)38-34(27(33)19-37)44-22-25-9-6-15-39(25)2;1-4-30(41)38-15-17-39(18-16-38)32-25-12-14-40(29-9-5-7-23-10-11-27(34)22(2)31(23)29)20-28(25)36-33(26(32)19-35)42-21-24-8-6-13-37(24)3;1-3-28(41)38-14-16-39(17-15-38)31-23-11-13-40(27-8-4-6-21-9-10-25(33)30(34)29(21)27)19-26(23)36-32(24(31)18-35)42-20-22-7-5-12-37(22)2/h3-5,7-8,10-11,24-25H,1,6,9,12-13,15-18,20-22H2,2H3;4-5,7,9-11,24H,1,6,8,12-18,20-21H2,2-3H3;3-4,6,8-10,22H,1,5,7,11-17,19-20H2,2H3/t24-,25-;24-;22-/m000/s1. The van der Waals surface area contributed by atoms with Crippen LogP contribution in [-0.4, -0.2) is 238 Å². The maximum absolute atomic E-state index is 15.1. The van der Waals surface area contributed by atoms with E-state index in [1.54, 1.807) is 26.8 Å². The zero-order valence-corrected chi connectivity index (χ0v) is 73.9. The monoisotopic (exact) mass is 1750 g/mol. The van der Waals surface area contributed by atoms with E-state index >= 15 is 4.39 Å². The van der Waals surface area contributed by atoms with Crippen LogP contribution < -0.4 is 43.6 Å². The summed E-state index contributed by atoms with van der Waals surface area (Å²) in [6, 6.07) is 39.7. The number of nitrogens with zero attached hydrogens (tertiary/aromatic N) is 19. The molecule has 0 aliphatic carbocycles. The van der Waals surface area contributed by atoms with Gasteiger partial charge in [-0.1, -0.05) is 92.0 Å². The highest BCUT2D eigenvalue weighted by Crippen LogP contribution is 2.46. The number of benzene rings is 6. The number of fused-ring (bicyclic) bond motifs is 6. The maximum atomic E-state index is 15.1. The van der Waals surface area contributed by atoms with Gasteiger partial charge in [0.25, 0.3) is 0 Å². The number of nitriles is 4. The maximum Gasteiger partial charge on any atom is 0.246 e. The van der Waals surface area contributed by atoms with Gasteiger partial charge in [0.1, 0.15) is 60.5 Å². The number of carbonyl (C=O) groups is 3. The minimum atomic E-state index is -0.881. The lowest BCUT2D eigenvalue weighted by Crippen LogP contribution is -2.55. The van der Waals surface area contributed by atoms with Gasteiger partial charge in [0.2, 0.25) is 35.4 Å². The Hall–Kier alpha value is -12.7. The molecule has 0 bridgehead atoms. The van der Waals surface area contributed by atoms with Gasteiger partial charge in [-0.2, -0.15) is 21.0 Å². The summed E-state index contributed by atoms with van der Waals surface area (Å²) in [5.41, 5.74) is 12.6. The summed E-state index contributed by atoms with van der Waals surface area (Å²) in [5.74, 6) is -1.30. The van der Waals surface area contributed by atoms with E-state index in [-0.39, 0.29) is 59.5 Å². The van der Waals surface area contributed by atoms with E-state index in [0.29, 0.717) is 200 Å². The quantitative estimate of drug-likeness (QED) is 0.0682. The van der Waals surface area contributed by atoms with Crippen LogP contribution in [0.1, 0.15) is 101 Å². The molecule has 25 nitrogen and oxygen atoms in total. The number of likely N-dealkylation sites (tertiary alicyclic amines) is 3. The number of piperazine rings is 3. The van der Waals surface area contributed by atoms with Crippen molar-refractivity contribution in [3.8, 4) is 41.9 Å². The Labute approximate surface area is 750 Å². The highest BCUT2D eigenvalue weighted by molar-refractivity contribution is 6.36. The topological polar surface area (TPSA) is 252 Å². The second-order valence-corrected chi connectivity index (χ2v) is 34.8. The Bertz CT molecular complexity index is 5730. The number of hydrogen-bond acceptors (Lipinski definition) is 22. The van der Waals surface area contributed by atoms with Crippen LogP contribution in [0.5, 0.6) is 17.6 Å². The van der Waals surface area contributed by atoms with Crippen molar-refractivity contribution in [2.75, 3.05) is 182 Å². The molecule has 9 aromatic rings. The molecule has 128 heavy (non-hydrogen) atoms. The second kappa shape index (κ2) is 39.3. The van der Waals surface area contributed by atoms with E-state index in [2.05, 4.69) is 123 Å². The summed E-state index contributed by atoms with van der Waals surface area (Å²) in [6.07, 6.45) is 12.6. The number of likely N-dealkylation sites (N-methyl/N-ethyl adjacent to an activating group) is 3. The molecule has 9 aliphatic heterocycles. The number of carbonyl (C=O) groups excluding carboxylic acids is 3. The third-order valence-electron chi connectivity index (χ3n) is 27.2. The van der Waals surface area contributed by atoms with Gasteiger partial charge in [-0.25, -0.2) is 28.1 Å². The molecule has 0 unspecified atom stereocenters. The largest absolute Gasteiger partial charge is 0.475 e. The first kappa shape index (κ1) is 88.7. The predicted octanol–water partition coefficient (Wildman–Crippen LogP) is 13.6. The Morgan fingerprint density at radius 2 is 0.820 bits per heavy atom. The average molecular weight is 1750 g/mol. The van der Waals surface area contributed by atoms with Crippen molar-refractivity contribution in [2.45, 2.75) is 115 Å². The molecule has 18 rings (SSSR count). The van der Waals surface area contributed by atoms with Gasteiger partial charge in [0, 0.05) is 160 Å². The Balaban J connectivity index is 0.000000141. The molecule has 662 valence electrons. The van der Waals surface area contributed by atoms with Gasteiger partial charge in [-0.05, 0) is 182 Å². The number of hydrogen-bond donors (Lipinski definition) is 0. The second-order valence-electron chi connectivity index (χ2n) is 34.4. The molecule has 6 fully saturated rings. The molecular weight excluding hydrogens is 1640 g/mol. The molecule has 6 aromatic carbocycles. The predicted molar refractivity (Wildman–Crippen MR) is 492 cm³/mol.